The van der Waals surface area contributed by atoms with Gasteiger partial charge in [0.1, 0.15) is 11.5 Å². The molecule has 7 nitrogen and oxygen atoms in total. The van der Waals surface area contributed by atoms with E-state index in [1.54, 1.807) is 36.5 Å². The van der Waals surface area contributed by atoms with Crippen LogP contribution in [0.2, 0.25) is 0 Å². The number of carbonyl (C=O) groups excluding carboxylic acids is 1. The highest BCUT2D eigenvalue weighted by molar-refractivity contribution is 6.00. The van der Waals surface area contributed by atoms with Crippen molar-refractivity contribution < 1.29 is 24.2 Å². The van der Waals surface area contributed by atoms with Crippen molar-refractivity contribution in [2.75, 3.05) is 5.32 Å². The largest absolute Gasteiger partial charge is 0.490 e. The number of ether oxygens (including phenoxy) is 2. The summed E-state index contributed by atoms with van der Waals surface area (Å²) in [7, 11) is 0. The number of nitrogens with zero attached hydrogens (tertiary/aromatic N) is 1. The first-order valence-electron chi connectivity index (χ1n) is 10.6. The Labute approximate surface area is 186 Å². The van der Waals surface area contributed by atoms with Gasteiger partial charge in [0.2, 0.25) is 11.8 Å². The van der Waals surface area contributed by atoms with Crippen molar-refractivity contribution >= 4 is 17.6 Å². The van der Waals surface area contributed by atoms with Crippen molar-refractivity contribution in [1.82, 2.24) is 4.98 Å². The van der Waals surface area contributed by atoms with Gasteiger partial charge < -0.3 is 19.9 Å². The zero-order chi connectivity index (χ0) is 22.3. The summed E-state index contributed by atoms with van der Waals surface area (Å²) >= 11 is 0. The van der Waals surface area contributed by atoms with Gasteiger partial charge in [-0.25, -0.2) is 9.78 Å². The number of pyridine rings is 1. The Kier molecular flexibility index (Phi) is 6.65. The van der Waals surface area contributed by atoms with Crippen LogP contribution in [0.3, 0.4) is 0 Å². The van der Waals surface area contributed by atoms with E-state index in [0.717, 1.165) is 18.6 Å². The van der Waals surface area contributed by atoms with E-state index in [9.17, 15) is 14.7 Å². The first kappa shape index (κ1) is 21.4. The average Bonchev–Trinajstić information content (AvgIpc) is 3.30. The molecule has 164 valence electrons. The molecule has 1 amide bonds. The minimum atomic E-state index is -1.10. The molecule has 32 heavy (non-hydrogen) atoms. The number of benzene rings is 2. The number of nitrogens with one attached hydrogen (secondary N) is 1. The molecule has 0 saturated heterocycles. The molecular weight excluding hydrogens is 408 g/mol. The van der Waals surface area contributed by atoms with E-state index < -0.39 is 5.97 Å². The summed E-state index contributed by atoms with van der Waals surface area (Å²) in [6.45, 7) is 0. The Morgan fingerprint density at radius 2 is 1.69 bits per heavy atom. The van der Waals surface area contributed by atoms with Crippen molar-refractivity contribution in [2.24, 2.45) is 0 Å². The minimum Gasteiger partial charge on any atom is -0.490 e. The number of hydrogen-bond donors (Lipinski definition) is 2. The number of carboxylic acid groups (broad SMARTS) is 1. The molecule has 0 aliphatic heterocycles. The number of rotatable bonds is 8. The van der Waals surface area contributed by atoms with Crippen LogP contribution in [0, 0.1) is 0 Å². The van der Waals surface area contributed by atoms with E-state index in [4.69, 9.17) is 9.47 Å². The van der Waals surface area contributed by atoms with Crippen molar-refractivity contribution in [3.8, 4) is 17.4 Å². The number of hydrogen-bond acceptors (Lipinski definition) is 5. The van der Waals surface area contributed by atoms with Gasteiger partial charge in [0.15, 0.2) is 0 Å². The third kappa shape index (κ3) is 5.63. The molecule has 1 saturated carbocycles. The highest BCUT2D eigenvalue weighted by Crippen LogP contribution is 2.27. The van der Waals surface area contributed by atoms with Gasteiger partial charge >= 0.3 is 5.97 Å². The lowest BCUT2D eigenvalue weighted by atomic mass is 10.1. The fraction of sp³-hybridized carbons (Fsp3) is 0.240. The number of carboxylic acids is 1. The molecule has 2 N–H and O–H groups in total. The summed E-state index contributed by atoms with van der Waals surface area (Å²) in [5, 5.41) is 11.9. The molecule has 4 rings (SSSR count). The van der Waals surface area contributed by atoms with Crippen molar-refractivity contribution in [3.63, 3.8) is 0 Å². The molecule has 3 aromatic rings. The van der Waals surface area contributed by atoms with E-state index in [-0.39, 0.29) is 23.6 Å². The molecule has 0 atom stereocenters. The Morgan fingerprint density at radius 1 is 0.969 bits per heavy atom. The van der Waals surface area contributed by atoms with Crippen LogP contribution in [-0.4, -0.2) is 28.1 Å². The summed E-state index contributed by atoms with van der Waals surface area (Å²) in [6, 6.07) is 17.2. The Morgan fingerprint density at radius 3 is 2.38 bits per heavy atom. The van der Waals surface area contributed by atoms with Gasteiger partial charge in [-0.05, 0) is 67.6 Å². The molecule has 0 unspecified atom stereocenters. The highest BCUT2D eigenvalue weighted by Gasteiger charge is 2.16. The van der Waals surface area contributed by atoms with E-state index in [1.807, 2.05) is 24.3 Å². The van der Waals surface area contributed by atoms with Crippen LogP contribution in [0.4, 0.5) is 5.69 Å². The number of para-hydroxylation sites is 1. The molecule has 0 bridgehead atoms. The maximum atomic E-state index is 12.3. The molecule has 0 radical (unpaired) electrons. The Balaban J connectivity index is 1.31. The molecule has 1 aromatic heterocycles. The zero-order valence-electron chi connectivity index (χ0n) is 17.5. The van der Waals surface area contributed by atoms with Crippen LogP contribution in [0.1, 0.15) is 41.6 Å². The number of anilines is 1. The molecule has 7 heteroatoms. The van der Waals surface area contributed by atoms with Gasteiger partial charge in [-0.1, -0.05) is 18.2 Å². The van der Waals surface area contributed by atoms with Crippen molar-refractivity contribution in [2.45, 2.75) is 38.2 Å². The van der Waals surface area contributed by atoms with E-state index in [2.05, 4.69) is 10.3 Å². The van der Waals surface area contributed by atoms with Gasteiger partial charge in [0.05, 0.1) is 23.8 Å². The predicted octanol–water partition coefficient (Wildman–Crippen LogP) is 5.07. The lowest BCUT2D eigenvalue weighted by Gasteiger charge is -2.13. The van der Waals surface area contributed by atoms with Gasteiger partial charge in [0, 0.05) is 12.3 Å². The third-order valence-corrected chi connectivity index (χ3v) is 5.24. The van der Waals surface area contributed by atoms with Gasteiger partial charge in [0.25, 0.3) is 0 Å². The first-order chi connectivity index (χ1) is 15.6. The van der Waals surface area contributed by atoms with E-state index >= 15 is 0 Å². The zero-order valence-corrected chi connectivity index (χ0v) is 17.5. The smallest absolute Gasteiger partial charge is 0.337 e. The topological polar surface area (TPSA) is 97.8 Å². The maximum absolute atomic E-state index is 12.3. The number of carbonyl (C=O) groups is 2. The molecule has 2 aromatic carbocycles. The van der Waals surface area contributed by atoms with E-state index in [0.29, 0.717) is 23.3 Å². The second-order valence-corrected chi connectivity index (χ2v) is 7.68. The van der Waals surface area contributed by atoms with E-state index in [1.165, 1.54) is 18.9 Å². The normalized spacial score (nSPS) is 13.5. The highest BCUT2D eigenvalue weighted by atomic mass is 16.5. The van der Waals surface area contributed by atoms with Crippen LogP contribution >= 0.6 is 0 Å². The summed E-state index contributed by atoms with van der Waals surface area (Å²) in [6.07, 6.45) is 6.61. The molecule has 1 fully saturated rings. The average molecular weight is 432 g/mol. The Bertz CT molecular complexity index is 1070. The van der Waals surface area contributed by atoms with Crippen LogP contribution in [0.15, 0.2) is 66.9 Å². The second-order valence-electron chi connectivity index (χ2n) is 7.68. The van der Waals surface area contributed by atoms with Gasteiger partial charge in [-0.15, -0.1) is 0 Å². The predicted molar refractivity (Wildman–Crippen MR) is 119 cm³/mol. The molecule has 1 aliphatic rings. The number of aromatic nitrogens is 1. The second kappa shape index (κ2) is 9.96. The number of amides is 1. The van der Waals surface area contributed by atoms with Crippen LogP contribution < -0.4 is 14.8 Å². The fourth-order valence-corrected chi connectivity index (χ4v) is 3.64. The van der Waals surface area contributed by atoms with Crippen LogP contribution in [-0.2, 0) is 11.2 Å². The SMILES string of the molecule is O=C(Cc1ccc(Oc2ccc(OC3CCCC3)cc2)nc1)Nc1ccccc1C(=O)O. The molecule has 1 heterocycles. The molecule has 1 aliphatic carbocycles. The fourth-order valence-electron chi connectivity index (χ4n) is 3.64. The monoisotopic (exact) mass is 432 g/mol. The lowest BCUT2D eigenvalue weighted by Crippen LogP contribution is -2.16. The summed E-state index contributed by atoms with van der Waals surface area (Å²) in [5.74, 6) is 0.471. The maximum Gasteiger partial charge on any atom is 0.337 e. The summed E-state index contributed by atoms with van der Waals surface area (Å²) < 4.78 is 11.7. The molecule has 0 spiro atoms. The Hall–Kier alpha value is -3.87. The third-order valence-electron chi connectivity index (χ3n) is 5.24. The first-order valence-corrected chi connectivity index (χ1v) is 10.6. The lowest BCUT2D eigenvalue weighted by molar-refractivity contribution is -0.115. The number of aromatic carboxylic acids is 1. The minimum absolute atomic E-state index is 0.0439. The van der Waals surface area contributed by atoms with Crippen LogP contribution in [0.25, 0.3) is 0 Å². The van der Waals surface area contributed by atoms with Gasteiger partial charge in [-0.3, -0.25) is 4.79 Å². The van der Waals surface area contributed by atoms with Crippen molar-refractivity contribution in [1.29, 1.82) is 0 Å². The summed E-state index contributed by atoms with van der Waals surface area (Å²) in [5.41, 5.74) is 0.989. The molecular formula is C25H24N2O5. The van der Waals surface area contributed by atoms with Crippen LogP contribution in [0.5, 0.6) is 17.4 Å². The summed E-state index contributed by atoms with van der Waals surface area (Å²) in [4.78, 5) is 27.8. The standard InChI is InChI=1S/C25H24N2O5/c28-23(27-22-8-4-3-7-21(22)25(29)30)15-17-9-14-24(26-16-17)32-20-12-10-19(11-13-20)31-18-5-1-2-6-18/h3-4,7-14,16,18H,1-2,5-6,15H2,(H,27,28)(H,29,30). The van der Waals surface area contributed by atoms with Gasteiger partial charge in [-0.2, -0.15) is 0 Å². The van der Waals surface area contributed by atoms with Crippen molar-refractivity contribution in [3.05, 3.63) is 78.0 Å². The quantitative estimate of drug-likeness (QED) is 0.515.